The van der Waals surface area contributed by atoms with E-state index in [0.29, 0.717) is 28.0 Å². The quantitative estimate of drug-likeness (QED) is 0.737. The van der Waals surface area contributed by atoms with Crippen molar-refractivity contribution < 1.29 is 4.79 Å². The fourth-order valence-corrected chi connectivity index (χ4v) is 2.81. The number of anilines is 1. The van der Waals surface area contributed by atoms with Crippen molar-refractivity contribution in [3.05, 3.63) is 63.7 Å². The summed E-state index contributed by atoms with van der Waals surface area (Å²) in [5, 5.41) is 12.6. The SMILES string of the molecule is Cc1nn(CC(=O)Nc2cnn(Cc3ccccc3Cl)c2)c(C)c1Cl. The Morgan fingerprint density at radius 3 is 2.68 bits per heavy atom. The van der Waals surface area contributed by atoms with Crippen LogP contribution in [0.5, 0.6) is 0 Å². The van der Waals surface area contributed by atoms with Gasteiger partial charge in [0.05, 0.1) is 34.8 Å². The van der Waals surface area contributed by atoms with Crippen LogP contribution in [-0.2, 0) is 17.9 Å². The van der Waals surface area contributed by atoms with Crippen LogP contribution in [0.2, 0.25) is 10.0 Å². The highest BCUT2D eigenvalue weighted by molar-refractivity contribution is 6.32. The molecule has 0 fully saturated rings. The number of nitrogens with zero attached hydrogens (tertiary/aromatic N) is 4. The van der Waals surface area contributed by atoms with Crippen molar-refractivity contribution in [2.45, 2.75) is 26.9 Å². The van der Waals surface area contributed by atoms with E-state index in [1.165, 1.54) is 0 Å². The van der Waals surface area contributed by atoms with Crippen LogP contribution >= 0.6 is 23.2 Å². The van der Waals surface area contributed by atoms with Crippen LogP contribution < -0.4 is 5.32 Å². The van der Waals surface area contributed by atoms with Gasteiger partial charge in [-0.05, 0) is 25.5 Å². The van der Waals surface area contributed by atoms with Gasteiger partial charge in [-0.15, -0.1) is 0 Å². The highest BCUT2D eigenvalue weighted by atomic mass is 35.5. The van der Waals surface area contributed by atoms with Gasteiger partial charge in [0, 0.05) is 11.2 Å². The molecular formula is C17H17Cl2N5O. The standard InChI is InChI=1S/C17H17Cl2N5O/c1-11-17(19)12(2)24(22-11)10-16(25)21-14-7-20-23(9-14)8-13-5-3-4-6-15(13)18/h3-7,9H,8,10H2,1-2H3,(H,21,25). The number of nitrogens with one attached hydrogen (secondary N) is 1. The van der Waals surface area contributed by atoms with E-state index in [-0.39, 0.29) is 12.5 Å². The maximum absolute atomic E-state index is 12.2. The van der Waals surface area contributed by atoms with Gasteiger partial charge < -0.3 is 5.32 Å². The fraction of sp³-hybridized carbons (Fsp3) is 0.235. The number of carbonyl (C=O) groups excluding carboxylic acids is 1. The number of carbonyl (C=O) groups is 1. The van der Waals surface area contributed by atoms with Crippen molar-refractivity contribution in [1.29, 1.82) is 0 Å². The molecule has 2 aromatic heterocycles. The molecule has 0 aliphatic carbocycles. The summed E-state index contributed by atoms with van der Waals surface area (Å²) in [5.41, 5.74) is 3.05. The Balaban J connectivity index is 1.64. The molecule has 2 heterocycles. The first-order valence-electron chi connectivity index (χ1n) is 7.69. The lowest BCUT2D eigenvalue weighted by molar-refractivity contribution is -0.116. The molecule has 130 valence electrons. The van der Waals surface area contributed by atoms with Gasteiger partial charge in [0.1, 0.15) is 6.54 Å². The van der Waals surface area contributed by atoms with Crippen LogP contribution in [-0.4, -0.2) is 25.5 Å². The molecule has 8 heteroatoms. The third-order valence-electron chi connectivity index (χ3n) is 3.79. The lowest BCUT2D eigenvalue weighted by atomic mass is 10.2. The zero-order valence-electron chi connectivity index (χ0n) is 13.8. The third kappa shape index (κ3) is 4.03. The number of hydrogen-bond donors (Lipinski definition) is 1. The molecule has 0 aliphatic rings. The molecule has 6 nitrogen and oxygen atoms in total. The van der Waals surface area contributed by atoms with Gasteiger partial charge in [0.2, 0.25) is 5.91 Å². The highest BCUT2D eigenvalue weighted by Crippen LogP contribution is 2.19. The topological polar surface area (TPSA) is 64.7 Å². The Labute approximate surface area is 155 Å². The summed E-state index contributed by atoms with van der Waals surface area (Å²) < 4.78 is 3.30. The minimum absolute atomic E-state index is 0.0923. The van der Waals surface area contributed by atoms with Gasteiger partial charge in [-0.2, -0.15) is 10.2 Å². The Kier molecular flexibility index (Phi) is 5.11. The van der Waals surface area contributed by atoms with Gasteiger partial charge in [0.25, 0.3) is 0 Å². The van der Waals surface area contributed by atoms with Crippen molar-refractivity contribution >= 4 is 34.8 Å². The van der Waals surface area contributed by atoms with Gasteiger partial charge in [-0.1, -0.05) is 41.4 Å². The monoisotopic (exact) mass is 377 g/mol. The Morgan fingerprint density at radius 2 is 2.00 bits per heavy atom. The third-order valence-corrected chi connectivity index (χ3v) is 4.71. The number of aryl methyl sites for hydroxylation is 1. The fourth-order valence-electron chi connectivity index (χ4n) is 2.48. The first-order chi connectivity index (χ1) is 11.9. The molecular weight excluding hydrogens is 361 g/mol. The molecule has 0 saturated carbocycles. The smallest absolute Gasteiger partial charge is 0.246 e. The maximum atomic E-state index is 12.2. The first kappa shape index (κ1) is 17.5. The Morgan fingerprint density at radius 1 is 1.24 bits per heavy atom. The molecule has 3 aromatic rings. The zero-order chi connectivity index (χ0) is 18.0. The Hall–Kier alpha value is -2.31. The van der Waals surface area contributed by atoms with Crippen molar-refractivity contribution in [2.75, 3.05) is 5.32 Å². The van der Waals surface area contributed by atoms with Crippen LogP contribution in [0.15, 0.2) is 36.7 Å². The second kappa shape index (κ2) is 7.29. The molecule has 0 spiro atoms. The summed E-state index contributed by atoms with van der Waals surface area (Å²) in [5.74, 6) is -0.195. The normalized spacial score (nSPS) is 10.9. The summed E-state index contributed by atoms with van der Waals surface area (Å²) in [6, 6.07) is 7.58. The van der Waals surface area contributed by atoms with Crippen molar-refractivity contribution in [3.8, 4) is 0 Å². The van der Waals surface area contributed by atoms with Gasteiger partial charge in [0.15, 0.2) is 0 Å². The van der Waals surface area contributed by atoms with Crippen LogP contribution in [0.25, 0.3) is 0 Å². The lowest BCUT2D eigenvalue weighted by Crippen LogP contribution is -2.20. The molecule has 1 amide bonds. The van der Waals surface area contributed by atoms with Crippen molar-refractivity contribution in [3.63, 3.8) is 0 Å². The molecule has 0 atom stereocenters. The molecule has 0 aliphatic heterocycles. The van der Waals surface area contributed by atoms with Crippen LogP contribution in [0.4, 0.5) is 5.69 Å². The number of benzene rings is 1. The zero-order valence-corrected chi connectivity index (χ0v) is 15.3. The second-order valence-electron chi connectivity index (χ2n) is 5.71. The van der Waals surface area contributed by atoms with E-state index in [4.69, 9.17) is 23.2 Å². The minimum Gasteiger partial charge on any atom is -0.322 e. The maximum Gasteiger partial charge on any atom is 0.246 e. The number of hydrogen-bond acceptors (Lipinski definition) is 3. The number of aromatic nitrogens is 4. The van der Waals surface area contributed by atoms with Crippen LogP contribution in [0, 0.1) is 13.8 Å². The largest absolute Gasteiger partial charge is 0.322 e. The van der Waals surface area contributed by atoms with Crippen LogP contribution in [0.1, 0.15) is 17.0 Å². The van der Waals surface area contributed by atoms with Crippen molar-refractivity contribution in [1.82, 2.24) is 19.6 Å². The lowest BCUT2D eigenvalue weighted by Gasteiger charge is -2.05. The summed E-state index contributed by atoms with van der Waals surface area (Å²) >= 11 is 12.2. The van der Waals surface area contributed by atoms with E-state index in [1.54, 1.807) is 21.8 Å². The minimum atomic E-state index is -0.195. The predicted octanol–water partition coefficient (Wildman–Crippen LogP) is 3.69. The van der Waals surface area contributed by atoms with Crippen LogP contribution in [0.3, 0.4) is 0 Å². The average molecular weight is 378 g/mol. The molecule has 0 bridgehead atoms. The molecule has 0 radical (unpaired) electrons. The van der Waals surface area contributed by atoms with E-state index in [1.807, 2.05) is 38.1 Å². The van der Waals surface area contributed by atoms with E-state index < -0.39 is 0 Å². The van der Waals surface area contributed by atoms with E-state index in [2.05, 4.69) is 15.5 Å². The second-order valence-corrected chi connectivity index (χ2v) is 6.49. The van der Waals surface area contributed by atoms with E-state index in [9.17, 15) is 4.79 Å². The molecule has 0 saturated heterocycles. The van der Waals surface area contributed by atoms with Gasteiger partial charge in [-0.3, -0.25) is 14.2 Å². The summed E-state index contributed by atoms with van der Waals surface area (Å²) in [4.78, 5) is 12.2. The molecule has 0 unspecified atom stereocenters. The summed E-state index contributed by atoms with van der Waals surface area (Å²) in [7, 11) is 0. The number of halogens is 2. The van der Waals surface area contributed by atoms with E-state index in [0.717, 1.165) is 11.3 Å². The average Bonchev–Trinajstić information content (AvgIpc) is 3.10. The summed E-state index contributed by atoms with van der Waals surface area (Å²) in [6.07, 6.45) is 3.36. The first-order valence-corrected chi connectivity index (χ1v) is 8.45. The van der Waals surface area contributed by atoms with Gasteiger partial charge in [-0.25, -0.2) is 0 Å². The number of rotatable bonds is 5. The summed E-state index contributed by atoms with van der Waals surface area (Å²) in [6.45, 7) is 4.26. The highest BCUT2D eigenvalue weighted by Gasteiger charge is 2.13. The van der Waals surface area contributed by atoms with Crippen molar-refractivity contribution in [2.24, 2.45) is 0 Å². The van der Waals surface area contributed by atoms with Gasteiger partial charge >= 0.3 is 0 Å². The molecule has 25 heavy (non-hydrogen) atoms. The predicted molar refractivity (Wildman–Crippen MR) is 98.1 cm³/mol. The number of amides is 1. The molecule has 3 rings (SSSR count). The molecule has 1 aromatic carbocycles. The molecule has 1 N–H and O–H groups in total. The Bertz CT molecular complexity index is 916. The van der Waals surface area contributed by atoms with E-state index >= 15 is 0 Å².